The van der Waals surface area contributed by atoms with Crippen molar-refractivity contribution in [3.63, 3.8) is 0 Å². The SMILES string of the molecule is COC(=O)NC(C(=O)N1CCC=C1c1nc2c(-c3cc4sc(-c5cccc6[nH]c(C7CCCN7C(=O)C(NC(=O)OC)C(C)C)nc56)cc4s3)cccc2[nH]1)C(C)C. The van der Waals surface area contributed by atoms with Crippen LogP contribution >= 0.6 is 22.7 Å². The number of rotatable bonds is 10. The van der Waals surface area contributed by atoms with Gasteiger partial charge in [0.15, 0.2) is 5.82 Å². The van der Waals surface area contributed by atoms with Gasteiger partial charge in [0.2, 0.25) is 11.8 Å². The van der Waals surface area contributed by atoms with Crippen LogP contribution in [0.5, 0.6) is 0 Å². The molecule has 2 aromatic carbocycles. The highest BCUT2D eigenvalue weighted by atomic mass is 32.1. The maximum atomic E-state index is 13.8. The van der Waals surface area contributed by atoms with E-state index in [0.717, 1.165) is 71.0 Å². The van der Waals surface area contributed by atoms with E-state index in [1.54, 1.807) is 27.6 Å². The zero-order chi connectivity index (χ0) is 40.8. The van der Waals surface area contributed by atoms with Crippen LogP contribution in [0.2, 0.25) is 0 Å². The van der Waals surface area contributed by atoms with Gasteiger partial charge in [0.25, 0.3) is 0 Å². The Morgan fingerprint density at radius 1 is 0.776 bits per heavy atom. The fourth-order valence-corrected chi connectivity index (χ4v) is 10.4. The third-order valence-electron chi connectivity index (χ3n) is 10.9. The lowest BCUT2D eigenvalue weighted by atomic mass is 10.0. The number of ether oxygens (including phenoxy) is 2. The van der Waals surface area contributed by atoms with Crippen LogP contribution < -0.4 is 10.6 Å². The second kappa shape index (κ2) is 15.9. The molecule has 0 aliphatic carbocycles. The van der Waals surface area contributed by atoms with E-state index >= 15 is 0 Å². The molecule has 6 aromatic rings. The van der Waals surface area contributed by atoms with Crippen LogP contribution in [-0.4, -0.2) is 93.1 Å². The molecule has 0 bridgehead atoms. The van der Waals surface area contributed by atoms with E-state index in [4.69, 9.17) is 19.4 Å². The number of imidazole rings is 2. The fourth-order valence-electron chi connectivity index (χ4n) is 7.94. The molecule has 0 radical (unpaired) electrons. The van der Waals surface area contributed by atoms with Crippen molar-refractivity contribution in [1.82, 2.24) is 40.4 Å². The Labute approximate surface area is 343 Å². The number of nitrogens with zero attached hydrogens (tertiary/aromatic N) is 4. The van der Waals surface area contributed by atoms with Crippen molar-refractivity contribution in [2.75, 3.05) is 27.3 Å². The molecule has 4 amide bonds. The van der Waals surface area contributed by atoms with Crippen molar-refractivity contribution in [1.29, 1.82) is 0 Å². The molecule has 1 saturated heterocycles. The Morgan fingerprint density at radius 3 is 1.93 bits per heavy atom. The van der Waals surface area contributed by atoms with Crippen molar-refractivity contribution < 1.29 is 28.7 Å². The average Bonchev–Trinajstić information content (AvgIpc) is 4.06. The highest BCUT2D eigenvalue weighted by molar-refractivity contribution is 7.31. The largest absolute Gasteiger partial charge is 0.453 e. The Morgan fingerprint density at radius 2 is 1.34 bits per heavy atom. The maximum absolute atomic E-state index is 13.8. The first kappa shape index (κ1) is 39.1. The number of nitrogens with one attached hydrogen (secondary N) is 4. The number of H-pyrrole nitrogens is 2. The molecule has 4 N–H and O–H groups in total. The van der Waals surface area contributed by atoms with E-state index in [1.807, 2.05) is 62.9 Å². The van der Waals surface area contributed by atoms with E-state index in [1.165, 1.54) is 14.2 Å². The highest BCUT2D eigenvalue weighted by Gasteiger charge is 2.38. The van der Waals surface area contributed by atoms with Gasteiger partial charge in [-0.2, -0.15) is 0 Å². The Kier molecular flexibility index (Phi) is 10.7. The summed E-state index contributed by atoms with van der Waals surface area (Å²) in [5.74, 6) is 0.727. The number of fused-ring (bicyclic) bond motifs is 3. The Bertz CT molecular complexity index is 2550. The zero-order valence-corrected chi connectivity index (χ0v) is 34.8. The lowest BCUT2D eigenvalue weighted by Gasteiger charge is -2.29. The maximum Gasteiger partial charge on any atom is 0.407 e. The van der Waals surface area contributed by atoms with Crippen molar-refractivity contribution in [3.05, 3.63) is 66.3 Å². The van der Waals surface area contributed by atoms with Crippen LogP contribution in [-0.2, 0) is 19.1 Å². The second-order valence-electron chi connectivity index (χ2n) is 15.3. The summed E-state index contributed by atoms with van der Waals surface area (Å²) >= 11 is 3.41. The number of carbonyl (C=O) groups excluding carboxylic acids is 4. The number of benzene rings is 2. The molecule has 16 heteroatoms. The number of methoxy groups -OCH3 is 2. The van der Waals surface area contributed by atoms with Gasteiger partial charge in [-0.1, -0.05) is 58.0 Å². The summed E-state index contributed by atoms with van der Waals surface area (Å²) in [5.41, 5.74) is 6.13. The fraction of sp³-hybridized carbons (Fsp3) is 0.381. The van der Waals surface area contributed by atoms with E-state index < -0.39 is 24.3 Å². The van der Waals surface area contributed by atoms with Gasteiger partial charge in [0.1, 0.15) is 17.9 Å². The van der Waals surface area contributed by atoms with Gasteiger partial charge in [0, 0.05) is 43.4 Å². The quantitative estimate of drug-likeness (QED) is 0.107. The van der Waals surface area contributed by atoms with Gasteiger partial charge in [0.05, 0.1) is 48.0 Å². The van der Waals surface area contributed by atoms with E-state index in [0.29, 0.717) is 31.0 Å². The minimum atomic E-state index is -0.742. The van der Waals surface area contributed by atoms with Gasteiger partial charge >= 0.3 is 12.2 Å². The number of para-hydroxylation sites is 2. The van der Waals surface area contributed by atoms with E-state index in [9.17, 15) is 19.2 Å². The number of amides is 4. The lowest BCUT2D eigenvalue weighted by molar-refractivity contribution is -0.135. The molecule has 58 heavy (non-hydrogen) atoms. The van der Waals surface area contributed by atoms with E-state index in [2.05, 4.69) is 44.9 Å². The lowest BCUT2D eigenvalue weighted by Crippen LogP contribution is -2.51. The normalized spacial score (nSPS) is 16.8. The topological polar surface area (TPSA) is 175 Å². The number of thiophene rings is 2. The number of hydrogen-bond donors (Lipinski definition) is 4. The summed E-state index contributed by atoms with van der Waals surface area (Å²) in [7, 11) is 2.58. The first-order valence-corrected chi connectivity index (χ1v) is 21.1. The summed E-state index contributed by atoms with van der Waals surface area (Å²) in [4.78, 5) is 74.4. The van der Waals surface area contributed by atoms with Crippen LogP contribution in [0.3, 0.4) is 0 Å². The molecule has 0 saturated carbocycles. The summed E-state index contributed by atoms with van der Waals surface area (Å²) in [6.45, 7) is 8.67. The molecule has 14 nitrogen and oxygen atoms in total. The third-order valence-corrected chi connectivity index (χ3v) is 13.3. The molecule has 3 unspecified atom stereocenters. The Hall–Kier alpha value is -5.74. The smallest absolute Gasteiger partial charge is 0.407 e. The van der Waals surface area contributed by atoms with Crippen LogP contribution in [0, 0.1) is 11.8 Å². The summed E-state index contributed by atoms with van der Waals surface area (Å²) in [6.07, 6.45) is 3.02. The van der Waals surface area contributed by atoms with Crippen LogP contribution in [0.4, 0.5) is 9.59 Å². The number of likely N-dealkylation sites (tertiary alicyclic amines) is 1. The number of hydrogen-bond acceptors (Lipinski definition) is 10. The van der Waals surface area contributed by atoms with Crippen molar-refractivity contribution >= 4 is 83.8 Å². The highest BCUT2D eigenvalue weighted by Crippen LogP contribution is 2.45. The van der Waals surface area contributed by atoms with Crippen molar-refractivity contribution in [3.8, 4) is 20.9 Å². The first-order chi connectivity index (χ1) is 27.9. The van der Waals surface area contributed by atoms with Gasteiger partial charge in [-0.15, -0.1) is 22.7 Å². The minimum absolute atomic E-state index is 0.118. The molecular formula is C42H46N8O6S2. The van der Waals surface area contributed by atoms with E-state index in [-0.39, 0.29) is 29.7 Å². The van der Waals surface area contributed by atoms with Crippen LogP contribution in [0.1, 0.15) is 64.6 Å². The zero-order valence-electron chi connectivity index (χ0n) is 33.2. The van der Waals surface area contributed by atoms with Gasteiger partial charge < -0.3 is 39.9 Å². The molecule has 1 fully saturated rings. The van der Waals surface area contributed by atoms with Crippen LogP contribution in [0.25, 0.3) is 58.0 Å². The van der Waals surface area contributed by atoms with Gasteiger partial charge in [-0.05, 0) is 55.4 Å². The molecule has 2 aliphatic heterocycles. The predicted octanol–water partition coefficient (Wildman–Crippen LogP) is 8.05. The molecular weight excluding hydrogens is 777 g/mol. The molecule has 2 aliphatic rings. The van der Waals surface area contributed by atoms with Gasteiger partial charge in [-0.25, -0.2) is 19.6 Å². The molecule has 0 spiro atoms. The number of aromatic nitrogens is 4. The first-order valence-electron chi connectivity index (χ1n) is 19.5. The predicted molar refractivity (Wildman–Crippen MR) is 226 cm³/mol. The van der Waals surface area contributed by atoms with Gasteiger partial charge in [-0.3, -0.25) is 9.59 Å². The molecule has 302 valence electrons. The summed E-state index contributed by atoms with van der Waals surface area (Å²) < 4.78 is 11.9. The molecule has 6 heterocycles. The minimum Gasteiger partial charge on any atom is -0.453 e. The van der Waals surface area contributed by atoms with Crippen molar-refractivity contribution in [2.45, 2.75) is 65.1 Å². The average molecular weight is 823 g/mol. The number of carbonyl (C=O) groups is 4. The third kappa shape index (κ3) is 7.19. The Balaban J connectivity index is 1.05. The molecule has 3 atom stereocenters. The molecule has 8 rings (SSSR count). The summed E-state index contributed by atoms with van der Waals surface area (Å²) in [6, 6.07) is 14.9. The summed E-state index contributed by atoms with van der Waals surface area (Å²) in [5, 5.41) is 5.42. The van der Waals surface area contributed by atoms with Crippen molar-refractivity contribution in [2.24, 2.45) is 11.8 Å². The van der Waals surface area contributed by atoms with Crippen LogP contribution in [0.15, 0.2) is 54.6 Å². The number of alkyl carbamates (subject to hydrolysis) is 2. The number of aromatic amines is 2. The molecule has 4 aromatic heterocycles. The standard InChI is InChI=1S/C42H46N8O6S2/c1-21(2)33(47-41(53)55-5)39(51)49-17-9-15-27(49)37-43-25-13-7-11-23(35(25)45-37)29-19-31-32(57-29)20-30(58-31)24-12-8-14-26-36(24)46-38(44-26)28-16-10-18-50(28)40(52)34(22(3)4)48-42(54)56-6/h7-8,11-15,19-22,28,33-34H,9-10,16-18H2,1-6H3,(H,43,45)(H,44,46)(H,47,53)(H,48,54). The monoisotopic (exact) mass is 822 g/mol. The second-order valence-corrected chi connectivity index (χ2v) is 17.5.